The summed E-state index contributed by atoms with van der Waals surface area (Å²) < 4.78 is 11.4. The first-order valence-corrected chi connectivity index (χ1v) is 6.36. The fourth-order valence-corrected chi connectivity index (χ4v) is 1.94. The fourth-order valence-electron chi connectivity index (χ4n) is 1.94. The van der Waals surface area contributed by atoms with Crippen LogP contribution in [0.2, 0.25) is 0 Å². The van der Waals surface area contributed by atoms with Crippen LogP contribution in [0.15, 0.2) is 12.3 Å². The van der Waals surface area contributed by atoms with E-state index in [9.17, 15) is 9.59 Å². The number of hydrogen-bond acceptors (Lipinski definition) is 6. The largest absolute Gasteiger partial charge is 0.468 e. The summed E-state index contributed by atoms with van der Waals surface area (Å²) in [5, 5.41) is 9.85. The fraction of sp³-hybridized carbons (Fsp3) is 0.583. The number of carbonyl (C=O) groups excluding carboxylic acids is 2. The van der Waals surface area contributed by atoms with Gasteiger partial charge in [-0.05, 0) is 6.92 Å². The molecule has 0 unspecified atom stereocenters. The first-order valence-electron chi connectivity index (χ1n) is 6.36. The van der Waals surface area contributed by atoms with Gasteiger partial charge in [-0.25, -0.2) is 0 Å². The molecule has 0 aliphatic carbocycles. The van der Waals surface area contributed by atoms with Gasteiger partial charge in [-0.3, -0.25) is 14.3 Å². The van der Waals surface area contributed by atoms with Crippen molar-refractivity contribution in [2.24, 2.45) is 0 Å². The van der Waals surface area contributed by atoms with Gasteiger partial charge in [0.2, 0.25) is 5.91 Å². The zero-order chi connectivity index (χ0) is 14.5. The molecule has 2 heterocycles. The molecule has 1 aliphatic heterocycles. The van der Waals surface area contributed by atoms with Crippen LogP contribution in [-0.2, 0) is 25.6 Å². The maximum Gasteiger partial charge on any atom is 0.327 e. The van der Waals surface area contributed by atoms with E-state index in [2.05, 4.69) is 20.5 Å². The number of nitrogens with zero attached hydrogens (tertiary/aromatic N) is 2. The SMILES string of the molecule is COC(=O)Cn1ccc(NC(=O)[C@H]2NCCO[C@@H]2C)n1.Cl. The van der Waals surface area contributed by atoms with E-state index in [1.165, 1.54) is 11.8 Å². The Morgan fingerprint density at radius 1 is 1.62 bits per heavy atom. The number of anilines is 1. The minimum absolute atomic E-state index is 0. The lowest BCUT2D eigenvalue weighted by Crippen LogP contribution is -2.53. The number of rotatable bonds is 4. The van der Waals surface area contributed by atoms with E-state index in [4.69, 9.17) is 4.74 Å². The molecule has 1 aromatic rings. The van der Waals surface area contributed by atoms with Gasteiger partial charge in [0.1, 0.15) is 12.6 Å². The second-order valence-electron chi connectivity index (χ2n) is 4.47. The zero-order valence-corrected chi connectivity index (χ0v) is 12.7. The molecule has 2 N–H and O–H groups in total. The van der Waals surface area contributed by atoms with Crippen molar-refractivity contribution in [1.29, 1.82) is 0 Å². The number of aromatic nitrogens is 2. The van der Waals surface area contributed by atoms with Gasteiger partial charge in [0.25, 0.3) is 0 Å². The molecule has 21 heavy (non-hydrogen) atoms. The molecule has 0 spiro atoms. The van der Waals surface area contributed by atoms with E-state index in [0.717, 1.165) is 0 Å². The van der Waals surface area contributed by atoms with Crippen molar-refractivity contribution in [2.45, 2.75) is 25.6 Å². The summed E-state index contributed by atoms with van der Waals surface area (Å²) >= 11 is 0. The van der Waals surface area contributed by atoms with Crippen molar-refractivity contribution in [3.8, 4) is 0 Å². The molecule has 9 heteroatoms. The molecule has 1 saturated heterocycles. The Balaban J connectivity index is 0.00000220. The number of carbonyl (C=O) groups is 2. The minimum atomic E-state index is -0.408. The van der Waals surface area contributed by atoms with Crippen molar-refractivity contribution in [3.05, 3.63) is 12.3 Å². The highest BCUT2D eigenvalue weighted by atomic mass is 35.5. The maximum absolute atomic E-state index is 12.1. The molecule has 2 atom stereocenters. The third-order valence-corrected chi connectivity index (χ3v) is 3.01. The first kappa shape index (κ1) is 17.4. The lowest BCUT2D eigenvalue weighted by Gasteiger charge is -2.28. The Hall–Kier alpha value is -1.64. The molecule has 8 nitrogen and oxygen atoms in total. The smallest absolute Gasteiger partial charge is 0.327 e. The summed E-state index contributed by atoms with van der Waals surface area (Å²) in [6, 6.07) is 1.21. The molecule has 0 bridgehead atoms. The molecule has 2 rings (SSSR count). The van der Waals surface area contributed by atoms with Gasteiger partial charge in [0.15, 0.2) is 5.82 Å². The number of ether oxygens (including phenoxy) is 2. The third kappa shape index (κ3) is 4.69. The summed E-state index contributed by atoms with van der Waals surface area (Å²) in [5.41, 5.74) is 0. The van der Waals surface area contributed by atoms with Gasteiger partial charge < -0.3 is 20.1 Å². The summed E-state index contributed by atoms with van der Waals surface area (Å²) in [4.78, 5) is 23.2. The van der Waals surface area contributed by atoms with Crippen molar-refractivity contribution in [2.75, 3.05) is 25.6 Å². The van der Waals surface area contributed by atoms with Gasteiger partial charge in [0, 0.05) is 18.8 Å². The van der Waals surface area contributed by atoms with E-state index in [-0.39, 0.29) is 31.0 Å². The predicted molar refractivity (Wildman–Crippen MR) is 77.3 cm³/mol. The van der Waals surface area contributed by atoms with Crippen LogP contribution in [0.5, 0.6) is 0 Å². The van der Waals surface area contributed by atoms with Crippen LogP contribution in [0.4, 0.5) is 5.82 Å². The zero-order valence-electron chi connectivity index (χ0n) is 11.9. The standard InChI is InChI=1S/C12H18N4O4.ClH/c1-8-11(13-4-6-20-8)12(18)14-9-3-5-16(15-9)7-10(17)19-2;/h3,5,8,11,13H,4,6-7H2,1-2H3,(H,14,15,18);1H/t8-,11+;/m1./s1. The molecular formula is C12H19ClN4O4. The van der Waals surface area contributed by atoms with Crippen LogP contribution in [-0.4, -0.2) is 54.1 Å². The Morgan fingerprint density at radius 3 is 3.05 bits per heavy atom. The van der Waals surface area contributed by atoms with Crippen LogP contribution >= 0.6 is 12.4 Å². The van der Waals surface area contributed by atoms with Crippen molar-refractivity contribution >= 4 is 30.1 Å². The maximum atomic E-state index is 12.1. The Kier molecular flexibility index (Phi) is 6.60. The molecular weight excluding hydrogens is 300 g/mol. The predicted octanol–water partition coefficient (Wildman–Crippen LogP) is -0.207. The van der Waals surface area contributed by atoms with Crippen molar-refractivity contribution < 1.29 is 19.1 Å². The van der Waals surface area contributed by atoms with E-state index in [1.54, 1.807) is 12.3 Å². The second-order valence-corrected chi connectivity index (χ2v) is 4.47. The average Bonchev–Trinajstić information content (AvgIpc) is 2.86. The third-order valence-electron chi connectivity index (χ3n) is 3.01. The first-order chi connectivity index (χ1) is 9.60. The van der Waals surface area contributed by atoms with E-state index >= 15 is 0 Å². The van der Waals surface area contributed by atoms with Crippen LogP contribution in [0.3, 0.4) is 0 Å². The lowest BCUT2D eigenvalue weighted by atomic mass is 10.1. The Labute approximate surface area is 128 Å². The molecule has 118 valence electrons. The number of amides is 1. The minimum Gasteiger partial charge on any atom is -0.468 e. The van der Waals surface area contributed by atoms with Crippen LogP contribution in [0, 0.1) is 0 Å². The molecule has 0 aromatic carbocycles. The topological polar surface area (TPSA) is 94.5 Å². The summed E-state index contributed by atoms with van der Waals surface area (Å²) in [6.07, 6.45) is 1.40. The molecule has 0 radical (unpaired) electrons. The molecule has 0 saturated carbocycles. The van der Waals surface area contributed by atoms with Gasteiger partial charge in [-0.2, -0.15) is 5.10 Å². The summed E-state index contributed by atoms with van der Waals surface area (Å²) in [6.45, 7) is 3.08. The van der Waals surface area contributed by atoms with Crippen LogP contribution in [0.1, 0.15) is 6.92 Å². The molecule has 1 amide bonds. The van der Waals surface area contributed by atoms with E-state index in [0.29, 0.717) is 19.0 Å². The van der Waals surface area contributed by atoms with Crippen LogP contribution < -0.4 is 10.6 Å². The van der Waals surface area contributed by atoms with Crippen molar-refractivity contribution in [3.63, 3.8) is 0 Å². The highest BCUT2D eigenvalue weighted by molar-refractivity contribution is 5.94. The average molecular weight is 319 g/mol. The number of esters is 1. The van der Waals surface area contributed by atoms with Gasteiger partial charge in [-0.1, -0.05) is 0 Å². The van der Waals surface area contributed by atoms with Gasteiger partial charge in [-0.15, -0.1) is 12.4 Å². The number of nitrogens with one attached hydrogen (secondary N) is 2. The van der Waals surface area contributed by atoms with Crippen molar-refractivity contribution in [1.82, 2.24) is 15.1 Å². The van der Waals surface area contributed by atoms with Gasteiger partial charge >= 0.3 is 5.97 Å². The number of hydrogen-bond donors (Lipinski definition) is 2. The monoisotopic (exact) mass is 318 g/mol. The molecule has 1 fully saturated rings. The van der Waals surface area contributed by atoms with Crippen LogP contribution in [0.25, 0.3) is 0 Å². The molecule has 1 aliphatic rings. The second kappa shape index (κ2) is 7.96. The van der Waals surface area contributed by atoms with E-state index < -0.39 is 12.0 Å². The number of methoxy groups -OCH3 is 1. The normalized spacial score (nSPS) is 21.2. The Morgan fingerprint density at radius 2 is 2.38 bits per heavy atom. The highest BCUT2D eigenvalue weighted by Gasteiger charge is 2.28. The summed E-state index contributed by atoms with van der Waals surface area (Å²) in [7, 11) is 1.31. The molecule has 1 aromatic heterocycles. The Bertz CT molecular complexity index is 493. The number of halogens is 1. The van der Waals surface area contributed by atoms with Gasteiger partial charge in [0.05, 0.1) is 19.8 Å². The lowest BCUT2D eigenvalue weighted by molar-refractivity contribution is -0.141. The highest BCUT2D eigenvalue weighted by Crippen LogP contribution is 2.08. The number of morpholine rings is 1. The summed E-state index contributed by atoms with van der Waals surface area (Å²) in [5.74, 6) is -0.221. The van der Waals surface area contributed by atoms with E-state index in [1.807, 2.05) is 6.92 Å². The quantitative estimate of drug-likeness (QED) is 0.746.